The number of aryl methyl sites for hydroxylation is 1. The molecule has 0 bridgehead atoms. The van der Waals surface area contributed by atoms with E-state index in [9.17, 15) is 4.39 Å². The van der Waals surface area contributed by atoms with E-state index in [-0.39, 0.29) is 5.75 Å². The molecule has 0 aliphatic carbocycles. The van der Waals surface area contributed by atoms with Crippen molar-refractivity contribution < 1.29 is 9.13 Å². The van der Waals surface area contributed by atoms with Crippen LogP contribution in [-0.2, 0) is 6.54 Å². The summed E-state index contributed by atoms with van der Waals surface area (Å²) >= 11 is 0. The van der Waals surface area contributed by atoms with E-state index >= 15 is 0 Å². The van der Waals surface area contributed by atoms with Gasteiger partial charge in [-0.1, -0.05) is 6.07 Å². The molecule has 0 aliphatic rings. The van der Waals surface area contributed by atoms with Gasteiger partial charge in [0.05, 0.1) is 0 Å². The van der Waals surface area contributed by atoms with Crippen molar-refractivity contribution in [1.82, 2.24) is 10.2 Å². The third kappa shape index (κ3) is 2.20. The molecule has 1 aromatic carbocycles. The Bertz CT molecular complexity index is 496. The average Bonchev–Trinajstić information content (AvgIpc) is 2.67. The molecule has 3 N–H and O–H groups in total. The SMILES string of the molecule is Cc1cc(Oc2ccc(CN)cc2F)n[nH]1. The number of nitrogens with one attached hydrogen (secondary N) is 1. The van der Waals surface area contributed by atoms with Crippen LogP contribution in [-0.4, -0.2) is 10.2 Å². The van der Waals surface area contributed by atoms with E-state index in [0.717, 1.165) is 11.3 Å². The lowest BCUT2D eigenvalue weighted by atomic mass is 10.2. The fraction of sp³-hybridized carbons (Fsp3) is 0.182. The molecule has 0 radical (unpaired) electrons. The number of nitrogens with zero attached hydrogens (tertiary/aromatic N) is 1. The number of hydrogen-bond acceptors (Lipinski definition) is 3. The second kappa shape index (κ2) is 4.32. The standard InChI is InChI=1S/C11H12FN3O/c1-7-4-11(15-14-7)16-10-3-2-8(6-13)5-9(10)12/h2-5H,6,13H2,1H3,(H,14,15). The molecule has 0 unspecified atom stereocenters. The van der Waals surface area contributed by atoms with Crippen molar-refractivity contribution >= 4 is 0 Å². The van der Waals surface area contributed by atoms with E-state index in [2.05, 4.69) is 10.2 Å². The Hall–Kier alpha value is -1.88. The van der Waals surface area contributed by atoms with Crippen LogP contribution in [0.15, 0.2) is 24.3 Å². The molecule has 2 rings (SSSR count). The Labute approximate surface area is 92.2 Å². The molecule has 1 heterocycles. The number of benzene rings is 1. The molecule has 0 spiro atoms. The topological polar surface area (TPSA) is 63.9 Å². The van der Waals surface area contributed by atoms with Crippen molar-refractivity contribution in [3.05, 3.63) is 41.3 Å². The first kappa shape index (κ1) is 10.6. The number of nitrogens with two attached hydrogens (primary N) is 1. The number of halogens is 1. The van der Waals surface area contributed by atoms with Crippen LogP contribution in [0.4, 0.5) is 4.39 Å². The van der Waals surface area contributed by atoms with E-state index in [4.69, 9.17) is 10.5 Å². The highest BCUT2D eigenvalue weighted by atomic mass is 19.1. The molecular weight excluding hydrogens is 209 g/mol. The second-order valence-corrected chi connectivity index (χ2v) is 3.46. The number of ether oxygens (including phenoxy) is 1. The first-order valence-corrected chi connectivity index (χ1v) is 4.87. The van der Waals surface area contributed by atoms with Crippen LogP contribution in [0, 0.1) is 12.7 Å². The summed E-state index contributed by atoms with van der Waals surface area (Å²) in [4.78, 5) is 0. The number of rotatable bonds is 3. The summed E-state index contributed by atoms with van der Waals surface area (Å²) < 4.78 is 18.8. The van der Waals surface area contributed by atoms with E-state index < -0.39 is 5.82 Å². The van der Waals surface area contributed by atoms with Gasteiger partial charge in [-0.15, -0.1) is 5.10 Å². The molecule has 0 saturated heterocycles. The van der Waals surface area contributed by atoms with Crippen molar-refractivity contribution in [1.29, 1.82) is 0 Å². The summed E-state index contributed by atoms with van der Waals surface area (Å²) in [6, 6.07) is 6.31. The van der Waals surface area contributed by atoms with Gasteiger partial charge in [-0.05, 0) is 24.6 Å². The van der Waals surface area contributed by atoms with Crippen molar-refractivity contribution in [2.45, 2.75) is 13.5 Å². The highest BCUT2D eigenvalue weighted by Gasteiger charge is 2.07. The third-order valence-corrected chi connectivity index (χ3v) is 2.13. The minimum atomic E-state index is -0.441. The van der Waals surface area contributed by atoms with Gasteiger partial charge < -0.3 is 10.5 Å². The van der Waals surface area contributed by atoms with Gasteiger partial charge >= 0.3 is 0 Å². The van der Waals surface area contributed by atoms with E-state index in [1.54, 1.807) is 18.2 Å². The van der Waals surface area contributed by atoms with Crippen LogP contribution in [0.2, 0.25) is 0 Å². The van der Waals surface area contributed by atoms with Crippen molar-refractivity contribution in [3.8, 4) is 11.6 Å². The minimum absolute atomic E-state index is 0.142. The van der Waals surface area contributed by atoms with E-state index in [1.807, 2.05) is 6.92 Å². The molecule has 84 valence electrons. The molecule has 2 aromatic rings. The second-order valence-electron chi connectivity index (χ2n) is 3.46. The van der Waals surface area contributed by atoms with Gasteiger partial charge in [-0.3, -0.25) is 5.10 Å². The summed E-state index contributed by atoms with van der Waals surface area (Å²) in [6.07, 6.45) is 0. The van der Waals surface area contributed by atoms with Gasteiger partial charge in [0.1, 0.15) is 0 Å². The highest BCUT2D eigenvalue weighted by Crippen LogP contribution is 2.23. The first-order chi connectivity index (χ1) is 7.69. The fourth-order valence-electron chi connectivity index (χ4n) is 1.31. The van der Waals surface area contributed by atoms with Crippen molar-refractivity contribution in [3.63, 3.8) is 0 Å². The molecule has 5 heteroatoms. The van der Waals surface area contributed by atoms with Gasteiger partial charge in [0, 0.05) is 18.3 Å². The van der Waals surface area contributed by atoms with Gasteiger partial charge in [0.2, 0.25) is 5.88 Å². The summed E-state index contributed by atoms with van der Waals surface area (Å²) in [5.74, 6) is 0.0456. The Kier molecular flexibility index (Phi) is 2.87. The summed E-state index contributed by atoms with van der Waals surface area (Å²) in [5, 5.41) is 6.57. The van der Waals surface area contributed by atoms with Gasteiger partial charge in [0.25, 0.3) is 0 Å². The maximum atomic E-state index is 13.5. The smallest absolute Gasteiger partial charge is 0.238 e. The van der Waals surface area contributed by atoms with E-state index in [1.165, 1.54) is 6.07 Å². The predicted molar refractivity (Wildman–Crippen MR) is 57.7 cm³/mol. The van der Waals surface area contributed by atoms with Gasteiger partial charge in [-0.2, -0.15) is 0 Å². The Morgan fingerprint density at radius 2 is 2.25 bits per heavy atom. The van der Waals surface area contributed by atoms with Crippen LogP contribution in [0.25, 0.3) is 0 Å². The molecule has 4 nitrogen and oxygen atoms in total. The number of H-pyrrole nitrogens is 1. The lowest BCUT2D eigenvalue weighted by Gasteiger charge is -2.04. The maximum absolute atomic E-state index is 13.5. The number of hydrogen-bond donors (Lipinski definition) is 2. The Morgan fingerprint density at radius 1 is 1.44 bits per heavy atom. The maximum Gasteiger partial charge on any atom is 0.238 e. The van der Waals surface area contributed by atoms with Crippen molar-refractivity contribution in [2.24, 2.45) is 5.73 Å². The lowest BCUT2D eigenvalue weighted by Crippen LogP contribution is -1.97. The highest BCUT2D eigenvalue weighted by molar-refractivity contribution is 5.32. The van der Waals surface area contributed by atoms with Gasteiger partial charge in [-0.25, -0.2) is 4.39 Å². The largest absolute Gasteiger partial charge is 0.434 e. The Balaban J connectivity index is 2.21. The molecule has 1 aromatic heterocycles. The van der Waals surface area contributed by atoms with Gasteiger partial charge in [0.15, 0.2) is 11.6 Å². The molecule has 0 aliphatic heterocycles. The zero-order valence-electron chi connectivity index (χ0n) is 8.83. The monoisotopic (exact) mass is 221 g/mol. The average molecular weight is 221 g/mol. The Morgan fingerprint density at radius 3 is 2.81 bits per heavy atom. The summed E-state index contributed by atoms with van der Waals surface area (Å²) in [5.41, 5.74) is 6.98. The van der Waals surface area contributed by atoms with Crippen LogP contribution < -0.4 is 10.5 Å². The summed E-state index contributed by atoms with van der Waals surface area (Å²) in [7, 11) is 0. The molecule has 0 saturated carbocycles. The van der Waals surface area contributed by atoms with Crippen LogP contribution in [0.5, 0.6) is 11.6 Å². The zero-order valence-corrected chi connectivity index (χ0v) is 8.83. The van der Waals surface area contributed by atoms with Crippen molar-refractivity contribution in [2.75, 3.05) is 0 Å². The van der Waals surface area contributed by atoms with E-state index in [0.29, 0.717) is 12.4 Å². The quantitative estimate of drug-likeness (QED) is 0.834. The number of aromatic amines is 1. The molecule has 0 amide bonds. The predicted octanol–water partition coefficient (Wildman–Crippen LogP) is 2.11. The number of aromatic nitrogens is 2. The molecule has 0 atom stereocenters. The normalized spacial score (nSPS) is 10.4. The van der Waals surface area contributed by atoms with Crippen LogP contribution in [0.3, 0.4) is 0 Å². The van der Waals surface area contributed by atoms with Crippen LogP contribution in [0.1, 0.15) is 11.3 Å². The molecule has 16 heavy (non-hydrogen) atoms. The third-order valence-electron chi connectivity index (χ3n) is 2.13. The zero-order chi connectivity index (χ0) is 11.5. The minimum Gasteiger partial charge on any atom is -0.434 e. The molecule has 0 fully saturated rings. The molecular formula is C11H12FN3O. The fourth-order valence-corrected chi connectivity index (χ4v) is 1.31. The van der Waals surface area contributed by atoms with Crippen LogP contribution >= 0.6 is 0 Å². The lowest BCUT2D eigenvalue weighted by molar-refractivity contribution is 0.426. The first-order valence-electron chi connectivity index (χ1n) is 4.87. The summed E-state index contributed by atoms with van der Waals surface area (Å²) in [6.45, 7) is 2.15.